The number of hydrogen-bond acceptors (Lipinski definition) is 11. The van der Waals surface area contributed by atoms with Gasteiger partial charge in [-0.2, -0.15) is 0 Å². The highest BCUT2D eigenvalue weighted by Crippen LogP contribution is 2.48. The Balaban J connectivity index is 1.34. The van der Waals surface area contributed by atoms with Crippen molar-refractivity contribution in [1.29, 1.82) is 0 Å². The van der Waals surface area contributed by atoms with Crippen molar-refractivity contribution in [3.63, 3.8) is 0 Å². The van der Waals surface area contributed by atoms with Crippen LogP contribution in [0, 0.1) is 0 Å². The Kier molecular flexibility index (Phi) is 7.98. The Morgan fingerprint density at radius 2 is 1.05 bits per heavy atom. The quantitative estimate of drug-likeness (QED) is 0.198. The summed E-state index contributed by atoms with van der Waals surface area (Å²) in [7, 11) is 5.94. The fourth-order valence-electron chi connectivity index (χ4n) is 5.32. The van der Waals surface area contributed by atoms with Crippen molar-refractivity contribution in [3.05, 3.63) is 35.8 Å². The maximum Gasteiger partial charge on any atom is 0.205 e. The minimum absolute atomic E-state index is 0.150. The number of fused-ring (bicyclic) bond motifs is 2. The van der Waals surface area contributed by atoms with Crippen molar-refractivity contribution in [2.75, 3.05) is 41.7 Å². The van der Waals surface area contributed by atoms with Crippen molar-refractivity contribution >= 4 is 33.5 Å². The molecule has 2 atom stereocenters. The molecule has 1 aliphatic heterocycles. The van der Waals surface area contributed by atoms with E-state index >= 15 is 0 Å². The predicted molar refractivity (Wildman–Crippen MR) is 148 cm³/mol. The van der Waals surface area contributed by atoms with E-state index in [9.17, 15) is 9.59 Å². The molecule has 0 N–H and O–H groups in total. The highest BCUT2D eigenvalue weighted by Gasteiger charge is 2.32. The van der Waals surface area contributed by atoms with Gasteiger partial charge in [0, 0.05) is 0 Å². The topological polar surface area (TPSA) is 125 Å². The van der Waals surface area contributed by atoms with Crippen LogP contribution in [0.2, 0.25) is 0 Å². The van der Waals surface area contributed by atoms with Gasteiger partial charge in [0.15, 0.2) is 34.2 Å². The van der Waals surface area contributed by atoms with Gasteiger partial charge in [-0.1, -0.05) is 0 Å². The fraction of sp³-hybridized carbons (Fsp3) is 0.400. The van der Waals surface area contributed by atoms with Gasteiger partial charge in [0.2, 0.25) is 11.5 Å². The molecule has 0 spiro atoms. The maximum absolute atomic E-state index is 12.6. The van der Waals surface area contributed by atoms with E-state index in [1.54, 1.807) is 12.1 Å². The van der Waals surface area contributed by atoms with Crippen LogP contribution in [-0.4, -0.2) is 65.4 Å². The third-order valence-electron chi connectivity index (χ3n) is 7.10. The summed E-state index contributed by atoms with van der Waals surface area (Å²) >= 11 is 0. The summed E-state index contributed by atoms with van der Waals surface area (Å²) in [6.45, 7) is 3.18. The molecule has 41 heavy (non-hydrogen) atoms. The van der Waals surface area contributed by atoms with Crippen LogP contribution in [0.5, 0.6) is 34.5 Å². The standard InChI is InChI=1S/C30H32O11/c1-15(31)21-23(33-3)19-9-11-37-25(19)29(35-5)27(21)39-13-17-7-8-18(41-17)14-40-28-22(16(2)32)24(34-4)20-10-12-38-26(20)30(28)36-6/h9-12,17-18H,7-8,13-14H2,1-6H3. The summed E-state index contributed by atoms with van der Waals surface area (Å²) in [5.41, 5.74) is 1.37. The number of rotatable bonds is 12. The SMILES string of the molecule is COc1c(C(C)=O)c(OCC2CCC(COc3c(C(C)=O)c(OC)c4ccoc4c3OC)O2)c(OC)c2occc12. The van der Waals surface area contributed by atoms with Crippen molar-refractivity contribution in [2.45, 2.75) is 38.9 Å². The first kappa shape index (κ1) is 28.2. The summed E-state index contributed by atoms with van der Waals surface area (Å²) in [6, 6.07) is 3.42. The van der Waals surface area contributed by atoms with Gasteiger partial charge in [-0.3, -0.25) is 9.59 Å². The summed E-state index contributed by atoms with van der Waals surface area (Å²) in [4.78, 5) is 25.3. The molecule has 4 aromatic rings. The Morgan fingerprint density at radius 1 is 0.659 bits per heavy atom. The van der Waals surface area contributed by atoms with Gasteiger partial charge < -0.3 is 42.0 Å². The zero-order valence-corrected chi connectivity index (χ0v) is 23.8. The van der Waals surface area contributed by atoms with Crippen molar-refractivity contribution in [2.24, 2.45) is 0 Å². The largest absolute Gasteiger partial charge is 0.495 e. The molecule has 2 aromatic carbocycles. The Morgan fingerprint density at radius 3 is 1.39 bits per heavy atom. The van der Waals surface area contributed by atoms with Crippen LogP contribution in [0.15, 0.2) is 33.5 Å². The van der Waals surface area contributed by atoms with Gasteiger partial charge in [0.05, 0.1) is 63.9 Å². The van der Waals surface area contributed by atoms with Gasteiger partial charge >= 0.3 is 0 Å². The summed E-state index contributed by atoms with van der Waals surface area (Å²) in [5.74, 6) is 1.31. The summed E-state index contributed by atoms with van der Waals surface area (Å²) in [5, 5.41) is 1.22. The molecule has 0 aliphatic carbocycles. The molecule has 1 saturated heterocycles. The van der Waals surface area contributed by atoms with Crippen molar-refractivity contribution < 1.29 is 51.6 Å². The Hall–Kier alpha value is -4.38. The second-order valence-corrected chi connectivity index (χ2v) is 9.56. The van der Waals surface area contributed by atoms with E-state index in [2.05, 4.69) is 0 Å². The van der Waals surface area contributed by atoms with Gasteiger partial charge in [-0.15, -0.1) is 0 Å². The van der Waals surface area contributed by atoms with Crippen LogP contribution in [0.4, 0.5) is 0 Å². The normalized spacial score (nSPS) is 16.6. The fourth-order valence-corrected chi connectivity index (χ4v) is 5.32. The molecule has 0 saturated carbocycles. The molecule has 0 radical (unpaired) electrons. The van der Waals surface area contributed by atoms with E-state index in [0.29, 0.717) is 57.8 Å². The molecule has 0 amide bonds. The molecule has 218 valence electrons. The van der Waals surface area contributed by atoms with Crippen LogP contribution in [0.25, 0.3) is 21.9 Å². The van der Waals surface area contributed by atoms with Crippen LogP contribution in [0.1, 0.15) is 47.4 Å². The predicted octanol–water partition coefficient (Wildman–Crippen LogP) is 5.62. The molecular formula is C30H32O11. The first-order valence-corrected chi connectivity index (χ1v) is 13.1. The average Bonchev–Trinajstić information content (AvgIpc) is 3.73. The van der Waals surface area contributed by atoms with Gasteiger partial charge in [0.25, 0.3) is 0 Å². The van der Waals surface area contributed by atoms with E-state index in [-0.39, 0.29) is 59.6 Å². The van der Waals surface area contributed by atoms with E-state index in [1.807, 2.05) is 0 Å². The highest BCUT2D eigenvalue weighted by molar-refractivity contribution is 6.09. The zero-order chi connectivity index (χ0) is 29.3. The maximum atomic E-state index is 12.6. The molecule has 11 nitrogen and oxygen atoms in total. The van der Waals surface area contributed by atoms with E-state index < -0.39 is 0 Å². The monoisotopic (exact) mass is 568 g/mol. The number of benzene rings is 2. The molecule has 2 unspecified atom stereocenters. The first-order chi connectivity index (χ1) is 19.8. The number of methoxy groups -OCH3 is 4. The third kappa shape index (κ3) is 4.90. The van der Waals surface area contributed by atoms with Crippen molar-refractivity contribution in [3.8, 4) is 34.5 Å². The van der Waals surface area contributed by atoms with Crippen LogP contribution < -0.4 is 28.4 Å². The average molecular weight is 569 g/mol. The molecular weight excluding hydrogens is 536 g/mol. The third-order valence-corrected chi connectivity index (χ3v) is 7.10. The molecule has 1 aliphatic rings. The molecule has 5 rings (SSSR count). The molecule has 0 bridgehead atoms. The number of ether oxygens (including phenoxy) is 7. The lowest BCUT2D eigenvalue weighted by atomic mass is 10.0. The van der Waals surface area contributed by atoms with Gasteiger partial charge in [-0.25, -0.2) is 0 Å². The van der Waals surface area contributed by atoms with Gasteiger partial charge in [-0.05, 0) is 38.8 Å². The lowest BCUT2D eigenvalue weighted by molar-refractivity contribution is -0.00326. The van der Waals surface area contributed by atoms with Crippen LogP contribution in [0.3, 0.4) is 0 Å². The molecule has 1 fully saturated rings. The number of carbonyl (C=O) groups is 2. The summed E-state index contributed by atoms with van der Waals surface area (Å²) < 4.78 is 52.0. The zero-order valence-electron chi connectivity index (χ0n) is 23.8. The molecule has 2 aromatic heterocycles. The minimum atomic E-state index is -0.289. The number of ketones is 2. The second-order valence-electron chi connectivity index (χ2n) is 9.56. The Labute approximate surface area is 236 Å². The lowest BCUT2D eigenvalue weighted by Gasteiger charge is -2.21. The number of hydrogen-bond donors (Lipinski definition) is 0. The molecule has 11 heteroatoms. The second kappa shape index (κ2) is 11.6. The van der Waals surface area contributed by atoms with Crippen LogP contribution >= 0.6 is 0 Å². The summed E-state index contributed by atoms with van der Waals surface area (Å²) in [6.07, 6.45) is 3.79. The number of Topliss-reactive ketones (excluding diaryl/α,β-unsaturated/α-hetero) is 2. The smallest absolute Gasteiger partial charge is 0.205 e. The van der Waals surface area contributed by atoms with Gasteiger partial charge in [0.1, 0.15) is 35.8 Å². The lowest BCUT2D eigenvalue weighted by Crippen LogP contribution is -2.23. The van der Waals surface area contributed by atoms with E-state index in [0.717, 1.165) is 0 Å². The molecule has 3 heterocycles. The number of furan rings is 2. The van der Waals surface area contributed by atoms with Crippen LogP contribution in [-0.2, 0) is 4.74 Å². The van der Waals surface area contributed by atoms with Crippen molar-refractivity contribution in [1.82, 2.24) is 0 Å². The Bertz CT molecular complexity index is 1480. The number of carbonyl (C=O) groups excluding carboxylic acids is 2. The highest BCUT2D eigenvalue weighted by atomic mass is 16.6. The minimum Gasteiger partial charge on any atom is -0.495 e. The first-order valence-electron chi connectivity index (χ1n) is 13.1. The van der Waals surface area contributed by atoms with E-state index in [1.165, 1.54) is 54.8 Å². The van der Waals surface area contributed by atoms with E-state index in [4.69, 9.17) is 42.0 Å².